The van der Waals surface area contributed by atoms with E-state index in [1.807, 2.05) is 43.3 Å². The fraction of sp³-hybridized carbons (Fsp3) is 0.222. The Hall–Kier alpha value is -3.02. The minimum absolute atomic E-state index is 0.0378. The predicted octanol–water partition coefficient (Wildman–Crippen LogP) is 2.69. The quantitative estimate of drug-likeness (QED) is 0.624. The Morgan fingerprint density at radius 2 is 2.04 bits per heavy atom. The molecular weight excluding hydrogens is 304 g/mol. The topological polar surface area (TPSA) is 79.0 Å². The van der Waals surface area contributed by atoms with Gasteiger partial charge in [0.2, 0.25) is 0 Å². The van der Waals surface area contributed by atoms with E-state index in [4.69, 9.17) is 4.74 Å². The maximum absolute atomic E-state index is 11.4. The molecule has 3 N–H and O–H groups in total. The number of H-pyrrole nitrogens is 1. The number of anilines is 1. The van der Waals surface area contributed by atoms with E-state index in [2.05, 4.69) is 26.9 Å². The number of ether oxygens (including phenoxy) is 1. The summed E-state index contributed by atoms with van der Waals surface area (Å²) < 4.78 is 5.43. The Bertz CT molecular complexity index is 811. The first-order valence-electron chi connectivity index (χ1n) is 7.90. The number of hydrogen-bond acceptors (Lipinski definition) is 4. The van der Waals surface area contributed by atoms with Crippen molar-refractivity contribution in [1.29, 1.82) is 0 Å². The fourth-order valence-corrected chi connectivity index (χ4v) is 2.36. The van der Waals surface area contributed by atoms with Gasteiger partial charge in [-0.2, -0.15) is 5.10 Å². The molecule has 24 heavy (non-hydrogen) atoms. The number of fused-ring (bicyclic) bond motifs is 1. The van der Waals surface area contributed by atoms with Gasteiger partial charge >= 0.3 is 0 Å². The van der Waals surface area contributed by atoms with E-state index < -0.39 is 0 Å². The second-order valence-corrected chi connectivity index (χ2v) is 5.41. The largest absolute Gasteiger partial charge is 0.484 e. The van der Waals surface area contributed by atoms with Crippen LogP contribution in [0.15, 0.2) is 48.7 Å². The third kappa shape index (κ3) is 4.04. The standard InChI is InChI=1S/C18H20N4O2/c1-2-19-18(23)12-24-16-6-3-13(4-7-16)10-20-15-5-8-17-14(9-15)11-21-22-17/h3-9,11,20H,2,10,12H2,1H3,(H,19,23)(H,21,22). The SMILES string of the molecule is CCNC(=O)COc1ccc(CNc2ccc3[nH]ncc3c2)cc1. The number of carbonyl (C=O) groups is 1. The molecular formula is C18H20N4O2. The highest BCUT2D eigenvalue weighted by Gasteiger charge is 2.02. The van der Waals surface area contributed by atoms with Gasteiger partial charge in [-0.05, 0) is 42.8 Å². The van der Waals surface area contributed by atoms with Crippen LogP contribution in [0.25, 0.3) is 10.9 Å². The summed E-state index contributed by atoms with van der Waals surface area (Å²) in [5.74, 6) is 0.572. The normalized spacial score (nSPS) is 10.5. The van der Waals surface area contributed by atoms with Gasteiger partial charge in [-0.15, -0.1) is 0 Å². The molecule has 0 atom stereocenters. The molecule has 1 amide bonds. The molecule has 3 rings (SSSR count). The Morgan fingerprint density at radius 1 is 1.21 bits per heavy atom. The van der Waals surface area contributed by atoms with Gasteiger partial charge in [0.05, 0.1) is 11.7 Å². The lowest BCUT2D eigenvalue weighted by Crippen LogP contribution is -2.28. The molecule has 0 radical (unpaired) electrons. The summed E-state index contributed by atoms with van der Waals surface area (Å²) >= 11 is 0. The molecule has 0 aliphatic heterocycles. The molecule has 6 heteroatoms. The fourth-order valence-electron chi connectivity index (χ4n) is 2.36. The Morgan fingerprint density at radius 3 is 2.83 bits per heavy atom. The molecule has 0 aliphatic carbocycles. The van der Waals surface area contributed by atoms with Crippen LogP contribution in [-0.2, 0) is 11.3 Å². The van der Waals surface area contributed by atoms with E-state index in [0.29, 0.717) is 18.8 Å². The highest BCUT2D eigenvalue weighted by Crippen LogP contribution is 2.18. The number of aromatic nitrogens is 2. The minimum Gasteiger partial charge on any atom is -0.484 e. The maximum atomic E-state index is 11.4. The molecule has 6 nitrogen and oxygen atoms in total. The molecule has 3 aromatic rings. The van der Waals surface area contributed by atoms with Gasteiger partial charge in [0.15, 0.2) is 6.61 Å². The van der Waals surface area contributed by atoms with Crippen LogP contribution in [-0.4, -0.2) is 29.3 Å². The first-order valence-corrected chi connectivity index (χ1v) is 7.90. The Labute approximate surface area is 140 Å². The second-order valence-electron chi connectivity index (χ2n) is 5.41. The van der Waals surface area contributed by atoms with Crippen LogP contribution in [0.3, 0.4) is 0 Å². The van der Waals surface area contributed by atoms with Crippen molar-refractivity contribution in [3.63, 3.8) is 0 Å². The number of aromatic amines is 1. The van der Waals surface area contributed by atoms with Gasteiger partial charge in [-0.25, -0.2) is 0 Å². The highest BCUT2D eigenvalue weighted by atomic mass is 16.5. The summed E-state index contributed by atoms with van der Waals surface area (Å²) in [7, 11) is 0. The summed E-state index contributed by atoms with van der Waals surface area (Å²) in [5, 5.41) is 14.1. The number of carbonyl (C=O) groups excluding carboxylic acids is 1. The zero-order valence-corrected chi connectivity index (χ0v) is 13.5. The zero-order chi connectivity index (χ0) is 16.8. The van der Waals surface area contributed by atoms with E-state index >= 15 is 0 Å². The van der Waals surface area contributed by atoms with Crippen LogP contribution < -0.4 is 15.4 Å². The van der Waals surface area contributed by atoms with Crippen LogP contribution >= 0.6 is 0 Å². The summed E-state index contributed by atoms with van der Waals surface area (Å²) in [4.78, 5) is 11.4. The average molecular weight is 324 g/mol. The minimum atomic E-state index is -0.113. The zero-order valence-electron chi connectivity index (χ0n) is 13.5. The van der Waals surface area contributed by atoms with Crippen molar-refractivity contribution in [1.82, 2.24) is 15.5 Å². The van der Waals surface area contributed by atoms with Crippen molar-refractivity contribution in [2.75, 3.05) is 18.5 Å². The van der Waals surface area contributed by atoms with Crippen molar-refractivity contribution in [2.24, 2.45) is 0 Å². The number of nitrogens with zero attached hydrogens (tertiary/aromatic N) is 1. The van der Waals surface area contributed by atoms with Crippen molar-refractivity contribution >= 4 is 22.5 Å². The monoisotopic (exact) mass is 324 g/mol. The van der Waals surface area contributed by atoms with Gasteiger partial charge in [-0.1, -0.05) is 12.1 Å². The molecule has 0 fully saturated rings. The number of hydrogen-bond donors (Lipinski definition) is 3. The molecule has 0 saturated heterocycles. The van der Waals surface area contributed by atoms with Gasteiger partial charge in [0, 0.05) is 24.2 Å². The molecule has 0 spiro atoms. The van der Waals surface area contributed by atoms with Crippen LogP contribution in [0.1, 0.15) is 12.5 Å². The number of likely N-dealkylation sites (N-methyl/N-ethyl adjacent to an activating group) is 1. The van der Waals surface area contributed by atoms with E-state index in [1.54, 1.807) is 6.20 Å². The van der Waals surface area contributed by atoms with Gasteiger partial charge in [0.25, 0.3) is 5.91 Å². The third-order valence-electron chi connectivity index (χ3n) is 3.60. The van der Waals surface area contributed by atoms with Gasteiger partial charge in [0.1, 0.15) is 5.75 Å². The third-order valence-corrected chi connectivity index (χ3v) is 3.60. The summed E-state index contributed by atoms with van der Waals surface area (Å²) in [6, 6.07) is 13.8. The highest BCUT2D eigenvalue weighted by molar-refractivity contribution is 5.81. The van der Waals surface area contributed by atoms with E-state index in [-0.39, 0.29) is 12.5 Å². The smallest absolute Gasteiger partial charge is 0.257 e. The summed E-state index contributed by atoms with van der Waals surface area (Å²) in [6.07, 6.45) is 1.81. The average Bonchev–Trinajstić information content (AvgIpc) is 3.07. The predicted molar refractivity (Wildman–Crippen MR) is 94.0 cm³/mol. The second kappa shape index (κ2) is 7.50. The molecule has 2 aromatic carbocycles. The number of nitrogens with one attached hydrogen (secondary N) is 3. The van der Waals surface area contributed by atoms with Crippen LogP contribution in [0.5, 0.6) is 5.75 Å². The lowest BCUT2D eigenvalue weighted by molar-refractivity contribution is -0.122. The van der Waals surface area contributed by atoms with E-state index in [0.717, 1.165) is 22.2 Å². The lowest BCUT2D eigenvalue weighted by Gasteiger charge is -2.09. The lowest BCUT2D eigenvalue weighted by atomic mass is 10.2. The van der Waals surface area contributed by atoms with E-state index in [1.165, 1.54) is 0 Å². The Kier molecular flexibility index (Phi) is 4.96. The van der Waals surface area contributed by atoms with Crippen molar-refractivity contribution < 1.29 is 9.53 Å². The van der Waals surface area contributed by atoms with Crippen LogP contribution in [0, 0.1) is 0 Å². The van der Waals surface area contributed by atoms with Crippen LogP contribution in [0.2, 0.25) is 0 Å². The van der Waals surface area contributed by atoms with Crippen molar-refractivity contribution in [3.8, 4) is 5.75 Å². The first-order chi connectivity index (χ1) is 11.7. The summed E-state index contributed by atoms with van der Waals surface area (Å²) in [6.45, 7) is 3.23. The Balaban J connectivity index is 1.53. The molecule has 0 aliphatic rings. The van der Waals surface area contributed by atoms with E-state index in [9.17, 15) is 4.79 Å². The molecule has 0 saturated carbocycles. The van der Waals surface area contributed by atoms with Crippen molar-refractivity contribution in [3.05, 3.63) is 54.2 Å². The number of rotatable bonds is 7. The molecule has 0 bridgehead atoms. The summed E-state index contributed by atoms with van der Waals surface area (Å²) in [5.41, 5.74) is 3.20. The first kappa shape index (κ1) is 15.9. The van der Waals surface area contributed by atoms with Gasteiger partial charge < -0.3 is 15.4 Å². The van der Waals surface area contributed by atoms with Gasteiger partial charge in [-0.3, -0.25) is 9.89 Å². The number of amides is 1. The molecule has 1 heterocycles. The van der Waals surface area contributed by atoms with Crippen molar-refractivity contribution in [2.45, 2.75) is 13.5 Å². The van der Waals surface area contributed by atoms with Crippen LogP contribution in [0.4, 0.5) is 5.69 Å². The molecule has 124 valence electrons. The molecule has 0 unspecified atom stereocenters. The molecule has 1 aromatic heterocycles. The maximum Gasteiger partial charge on any atom is 0.257 e. The number of benzene rings is 2.